The minimum Gasteiger partial charge on any atom is -0.497 e. The van der Waals surface area contributed by atoms with Gasteiger partial charge in [0.15, 0.2) is 5.16 Å². The summed E-state index contributed by atoms with van der Waals surface area (Å²) < 4.78 is 10.6. The summed E-state index contributed by atoms with van der Waals surface area (Å²) in [5, 5.41) is 4.92. The number of hydrogen-bond donors (Lipinski definition) is 1. The minimum atomic E-state index is 0.550. The van der Waals surface area contributed by atoms with Crippen LogP contribution < -0.4 is 4.74 Å². The van der Waals surface area contributed by atoms with Crippen molar-refractivity contribution in [3.63, 3.8) is 0 Å². The van der Waals surface area contributed by atoms with Gasteiger partial charge in [-0.2, -0.15) is 4.98 Å². The molecule has 28 heavy (non-hydrogen) atoms. The topological polar surface area (TPSA) is 76.8 Å². The van der Waals surface area contributed by atoms with E-state index >= 15 is 0 Å². The van der Waals surface area contributed by atoms with Crippen molar-refractivity contribution >= 4 is 11.8 Å². The van der Waals surface area contributed by atoms with Gasteiger partial charge in [-0.3, -0.25) is 0 Å². The summed E-state index contributed by atoms with van der Waals surface area (Å²) in [6.07, 6.45) is 0.810. The zero-order valence-corrected chi connectivity index (χ0v) is 16.5. The quantitative estimate of drug-likeness (QED) is 0.461. The van der Waals surface area contributed by atoms with Crippen LogP contribution in [0.5, 0.6) is 5.75 Å². The van der Waals surface area contributed by atoms with Gasteiger partial charge in [-0.15, -0.1) is 0 Å². The van der Waals surface area contributed by atoms with Gasteiger partial charge in [-0.05, 0) is 24.6 Å². The van der Waals surface area contributed by atoms with Gasteiger partial charge in [0.1, 0.15) is 5.75 Å². The molecule has 2 aromatic heterocycles. The number of methoxy groups -OCH3 is 1. The number of thioether (sulfide) groups is 1. The van der Waals surface area contributed by atoms with Crippen LogP contribution in [0.4, 0.5) is 0 Å². The Kier molecular flexibility index (Phi) is 5.43. The zero-order chi connectivity index (χ0) is 19.3. The van der Waals surface area contributed by atoms with Crippen LogP contribution in [0.2, 0.25) is 0 Å². The summed E-state index contributed by atoms with van der Waals surface area (Å²) in [4.78, 5) is 12.5. The highest BCUT2D eigenvalue weighted by Gasteiger charge is 2.12. The van der Waals surface area contributed by atoms with Gasteiger partial charge in [0.25, 0.3) is 0 Å². The van der Waals surface area contributed by atoms with Gasteiger partial charge in [0, 0.05) is 17.7 Å². The first-order valence-electron chi connectivity index (χ1n) is 8.90. The number of ether oxygens (including phenoxy) is 1. The second kappa shape index (κ2) is 8.31. The highest BCUT2D eigenvalue weighted by molar-refractivity contribution is 7.98. The van der Waals surface area contributed by atoms with Gasteiger partial charge in [-0.1, -0.05) is 59.4 Å². The summed E-state index contributed by atoms with van der Waals surface area (Å²) in [7, 11) is 1.63. The van der Waals surface area contributed by atoms with E-state index in [0.29, 0.717) is 17.5 Å². The standard InChI is InChI=1S/C21H20N4O2S/c1-14-18(11-15-7-4-3-5-8-15)23-21(22-14)28-13-19-24-20(25-27-19)16-9-6-10-17(12-16)26-2/h3-10,12H,11,13H2,1-2H3,(H,22,23). The van der Waals surface area contributed by atoms with E-state index in [4.69, 9.17) is 14.2 Å². The van der Waals surface area contributed by atoms with E-state index < -0.39 is 0 Å². The molecule has 6 nitrogen and oxygen atoms in total. The lowest BCUT2D eigenvalue weighted by atomic mass is 10.1. The molecular weight excluding hydrogens is 372 g/mol. The number of nitrogens with zero attached hydrogens (tertiary/aromatic N) is 3. The number of benzene rings is 2. The summed E-state index contributed by atoms with van der Waals surface area (Å²) in [5.74, 6) is 2.42. The molecule has 0 aliphatic rings. The molecule has 7 heteroatoms. The first kappa shape index (κ1) is 18.3. The molecule has 4 aromatic rings. The third-order valence-electron chi connectivity index (χ3n) is 4.31. The molecule has 4 rings (SSSR count). The fourth-order valence-electron chi connectivity index (χ4n) is 2.82. The Hall–Kier alpha value is -3.06. The van der Waals surface area contributed by atoms with E-state index in [1.54, 1.807) is 18.9 Å². The van der Waals surface area contributed by atoms with Crippen molar-refractivity contribution < 1.29 is 9.26 Å². The molecule has 0 bridgehead atoms. The number of imidazole rings is 1. The number of rotatable bonds is 7. The van der Waals surface area contributed by atoms with Crippen molar-refractivity contribution in [1.29, 1.82) is 0 Å². The molecule has 0 atom stereocenters. The smallest absolute Gasteiger partial charge is 0.237 e. The van der Waals surface area contributed by atoms with Crippen LogP contribution in [0.1, 0.15) is 22.8 Å². The number of nitrogens with one attached hydrogen (secondary N) is 1. The van der Waals surface area contributed by atoms with Crippen LogP contribution in [0.3, 0.4) is 0 Å². The van der Waals surface area contributed by atoms with Crippen LogP contribution in [0, 0.1) is 6.92 Å². The van der Waals surface area contributed by atoms with Crippen LogP contribution >= 0.6 is 11.8 Å². The molecule has 0 aliphatic carbocycles. The van der Waals surface area contributed by atoms with Crippen molar-refractivity contribution in [3.05, 3.63) is 77.4 Å². The van der Waals surface area contributed by atoms with Crippen molar-refractivity contribution in [2.75, 3.05) is 7.11 Å². The Morgan fingerprint density at radius 1 is 1.07 bits per heavy atom. The van der Waals surface area contributed by atoms with E-state index in [9.17, 15) is 0 Å². The number of H-pyrrole nitrogens is 1. The van der Waals surface area contributed by atoms with E-state index in [1.165, 1.54) is 5.56 Å². The first-order valence-corrected chi connectivity index (χ1v) is 9.89. The maximum absolute atomic E-state index is 5.38. The maximum atomic E-state index is 5.38. The number of hydrogen-bond acceptors (Lipinski definition) is 6. The molecule has 142 valence electrons. The summed E-state index contributed by atoms with van der Waals surface area (Å²) >= 11 is 1.55. The Bertz CT molecular complexity index is 1060. The predicted molar refractivity (Wildman–Crippen MR) is 108 cm³/mol. The van der Waals surface area contributed by atoms with Crippen LogP contribution in [0.15, 0.2) is 64.3 Å². The Morgan fingerprint density at radius 3 is 2.75 bits per heavy atom. The minimum absolute atomic E-state index is 0.550. The van der Waals surface area contributed by atoms with Crippen LogP contribution in [-0.2, 0) is 12.2 Å². The summed E-state index contributed by atoms with van der Waals surface area (Å²) in [5.41, 5.74) is 4.23. The van der Waals surface area contributed by atoms with Gasteiger partial charge in [0.05, 0.1) is 18.6 Å². The molecule has 2 aromatic carbocycles. The lowest BCUT2D eigenvalue weighted by Gasteiger charge is -1.99. The maximum Gasteiger partial charge on any atom is 0.237 e. The molecule has 1 N–H and O–H groups in total. The second-order valence-corrected chi connectivity index (χ2v) is 7.27. The first-order chi connectivity index (χ1) is 13.7. The number of aromatic nitrogens is 4. The molecule has 0 saturated heterocycles. The third-order valence-corrected chi connectivity index (χ3v) is 5.16. The Labute approximate surface area is 167 Å². The molecule has 0 unspecified atom stereocenters. The van der Waals surface area contributed by atoms with Gasteiger partial charge in [0.2, 0.25) is 11.7 Å². The number of aryl methyl sites for hydroxylation is 1. The lowest BCUT2D eigenvalue weighted by molar-refractivity contribution is 0.391. The van der Waals surface area contributed by atoms with E-state index in [-0.39, 0.29) is 0 Å². The van der Waals surface area contributed by atoms with Crippen molar-refractivity contribution in [2.24, 2.45) is 0 Å². The molecule has 0 spiro atoms. The van der Waals surface area contributed by atoms with E-state index in [0.717, 1.165) is 34.3 Å². The van der Waals surface area contributed by atoms with Crippen LogP contribution in [-0.4, -0.2) is 27.2 Å². The molecular formula is C21H20N4O2S. The van der Waals surface area contributed by atoms with Crippen molar-refractivity contribution in [3.8, 4) is 17.1 Å². The van der Waals surface area contributed by atoms with Gasteiger partial charge >= 0.3 is 0 Å². The SMILES string of the molecule is COc1cccc(-c2noc(CSc3nc(Cc4ccccc4)c(C)[nH]3)n2)c1. The molecule has 2 heterocycles. The Morgan fingerprint density at radius 2 is 1.93 bits per heavy atom. The van der Waals surface area contributed by atoms with Gasteiger partial charge < -0.3 is 14.2 Å². The third kappa shape index (κ3) is 4.26. The number of aromatic amines is 1. The van der Waals surface area contributed by atoms with Crippen molar-refractivity contribution in [1.82, 2.24) is 20.1 Å². The monoisotopic (exact) mass is 392 g/mol. The van der Waals surface area contributed by atoms with E-state index in [1.807, 2.05) is 49.4 Å². The van der Waals surface area contributed by atoms with Crippen molar-refractivity contribution in [2.45, 2.75) is 24.3 Å². The fourth-order valence-corrected chi connectivity index (χ4v) is 3.60. The molecule has 0 radical (unpaired) electrons. The fraction of sp³-hybridized carbons (Fsp3) is 0.190. The Balaban J connectivity index is 1.41. The summed E-state index contributed by atoms with van der Waals surface area (Å²) in [6, 6.07) is 17.9. The zero-order valence-electron chi connectivity index (χ0n) is 15.7. The highest BCUT2D eigenvalue weighted by Crippen LogP contribution is 2.25. The predicted octanol–water partition coefficient (Wildman–Crippen LogP) is 4.66. The molecule has 0 fully saturated rings. The molecule has 0 amide bonds. The molecule has 0 aliphatic heterocycles. The largest absolute Gasteiger partial charge is 0.497 e. The summed E-state index contributed by atoms with van der Waals surface area (Å²) in [6.45, 7) is 2.04. The van der Waals surface area contributed by atoms with Gasteiger partial charge in [-0.25, -0.2) is 4.98 Å². The van der Waals surface area contributed by atoms with E-state index in [2.05, 4.69) is 27.3 Å². The molecule has 0 saturated carbocycles. The average Bonchev–Trinajstić information content (AvgIpc) is 3.34. The normalized spacial score (nSPS) is 10.9. The average molecular weight is 392 g/mol. The lowest BCUT2D eigenvalue weighted by Crippen LogP contribution is -1.90. The highest BCUT2D eigenvalue weighted by atomic mass is 32.2. The van der Waals surface area contributed by atoms with Crippen LogP contribution in [0.25, 0.3) is 11.4 Å². The second-order valence-electron chi connectivity index (χ2n) is 6.31.